The van der Waals surface area contributed by atoms with E-state index < -0.39 is 11.5 Å². The number of pyridine rings is 1. The van der Waals surface area contributed by atoms with Crippen molar-refractivity contribution in [1.82, 2.24) is 14.8 Å². The summed E-state index contributed by atoms with van der Waals surface area (Å²) in [7, 11) is 0. The molecule has 2 heterocycles. The predicted molar refractivity (Wildman–Crippen MR) is 95.8 cm³/mol. The van der Waals surface area contributed by atoms with E-state index >= 15 is 0 Å². The molecule has 0 radical (unpaired) electrons. The maximum atomic E-state index is 11.8. The van der Waals surface area contributed by atoms with Crippen LogP contribution in [0.5, 0.6) is 0 Å². The Bertz CT molecular complexity index is 1000. The highest BCUT2D eigenvalue weighted by molar-refractivity contribution is 6.33. The number of carbonyl (C=O) groups excluding carboxylic acids is 1. The van der Waals surface area contributed by atoms with Crippen molar-refractivity contribution in [1.29, 1.82) is 0 Å². The second kappa shape index (κ2) is 6.74. The Hall–Kier alpha value is -3.19. The van der Waals surface area contributed by atoms with Crippen molar-refractivity contribution < 1.29 is 4.79 Å². The van der Waals surface area contributed by atoms with Crippen LogP contribution in [0.1, 0.15) is 0 Å². The predicted octanol–water partition coefficient (Wildman–Crippen LogP) is 1.69. The molecule has 8 heteroatoms. The first-order valence-electron chi connectivity index (χ1n) is 7.34. The minimum absolute atomic E-state index is 0.190. The quantitative estimate of drug-likeness (QED) is 0.738. The van der Waals surface area contributed by atoms with E-state index in [0.29, 0.717) is 17.0 Å². The average Bonchev–Trinajstić information content (AvgIpc) is 2.59. The molecule has 3 aromatic rings. The van der Waals surface area contributed by atoms with Gasteiger partial charge in [-0.25, -0.2) is 9.67 Å². The summed E-state index contributed by atoms with van der Waals surface area (Å²) >= 11 is 6.12. The molecule has 0 saturated heterocycles. The smallest absolute Gasteiger partial charge is 0.267 e. The summed E-state index contributed by atoms with van der Waals surface area (Å²) in [5.41, 5.74) is 13.0. The third-order valence-electron chi connectivity index (χ3n) is 3.50. The lowest BCUT2D eigenvalue weighted by molar-refractivity contribution is -0.118. The molecule has 7 nitrogen and oxygen atoms in total. The second-order valence-electron chi connectivity index (χ2n) is 5.30. The van der Waals surface area contributed by atoms with Gasteiger partial charge in [0.1, 0.15) is 12.4 Å². The molecule has 1 aromatic carbocycles. The van der Waals surface area contributed by atoms with Gasteiger partial charge in [-0.1, -0.05) is 41.9 Å². The van der Waals surface area contributed by atoms with Gasteiger partial charge < -0.3 is 11.5 Å². The Morgan fingerprint density at radius 3 is 2.56 bits per heavy atom. The van der Waals surface area contributed by atoms with Gasteiger partial charge in [0.15, 0.2) is 0 Å². The molecule has 2 aromatic heterocycles. The molecule has 3 rings (SSSR count). The van der Waals surface area contributed by atoms with Crippen molar-refractivity contribution in [3.05, 3.63) is 63.9 Å². The van der Waals surface area contributed by atoms with Gasteiger partial charge in [-0.2, -0.15) is 5.10 Å². The molecule has 0 unspecified atom stereocenters. The van der Waals surface area contributed by atoms with Crippen LogP contribution in [-0.2, 0) is 11.3 Å². The Morgan fingerprint density at radius 1 is 1.16 bits per heavy atom. The van der Waals surface area contributed by atoms with Gasteiger partial charge in [0.05, 0.1) is 16.4 Å². The summed E-state index contributed by atoms with van der Waals surface area (Å²) in [6.45, 7) is -0.316. The van der Waals surface area contributed by atoms with Crippen LogP contribution in [-0.4, -0.2) is 20.7 Å². The minimum atomic E-state index is -0.663. The lowest BCUT2D eigenvalue weighted by atomic mass is 10.0. The Labute approximate surface area is 147 Å². The number of amides is 1. The largest absolute Gasteiger partial charge is 0.382 e. The highest BCUT2D eigenvalue weighted by Crippen LogP contribution is 2.33. The zero-order chi connectivity index (χ0) is 18.0. The number of hydrogen-bond acceptors (Lipinski definition) is 5. The van der Waals surface area contributed by atoms with Crippen LogP contribution in [0.2, 0.25) is 5.02 Å². The molecule has 0 saturated carbocycles. The van der Waals surface area contributed by atoms with Crippen molar-refractivity contribution in [2.45, 2.75) is 6.54 Å². The van der Waals surface area contributed by atoms with Crippen LogP contribution in [0.25, 0.3) is 22.5 Å². The van der Waals surface area contributed by atoms with E-state index in [-0.39, 0.29) is 17.4 Å². The number of nitrogens with two attached hydrogens (primary N) is 2. The van der Waals surface area contributed by atoms with Crippen molar-refractivity contribution in [3.63, 3.8) is 0 Å². The van der Waals surface area contributed by atoms with E-state index in [0.717, 1.165) is 10.2 Å². The van der Waals surface area contributed by atoms with E-state index in [2.05, 4.69) is 10.1 Å². The maximum Gasteiger partial charge on any atom is 0.267 e. The fourth-order valence-electron chi connectivity index (χ4n) is 2.37. The molecule has 0 bridgehead atoms. The van der Waals surface area contributed by atoms with Gasteiger partial charge in [-0.3, -0.25) is 9.59 Å². The second-order valence-corrected chi connectivity index (χ2v) is 5.71. The first-order valence-corrected chi connectivity index (χ1v) is 7.72. The van der Waals surface area contributed by atoms with Gasteiger partial charge in [-0.15, -0.1) is 0 Å². The summed E-state index contributed by atoms with van der Waals surface area (Å²) in [5.74, 6) is -0.474. The summed E-state index contributed by atoms with van der Waals surface area (Å²) in [6.07, 6.45) is 0. The van der Waals surface area contributed by atoms with Gasteiger partial charge in [-0.05, 0) is 12.1 Å². The Morgan fingerprint density at radius 2 is 1.88 bits per heavy atom. The standard InChI is InChI=1S/C17H14ClN5O2/c18-12-8-11(13-6-7-15(25)23(22-13)9-14(19)24)16(21-17(12)20)10-4-2-1-3-5-10/h1-8H,9H2,(H2,19,24)(H2,20,21). The highest BCUT2D eigenvalue weighted by Gasteiger charge is 2.15. The van der Waals surface area contributed by atoms with Crippen LogP contribution in [0.15, 0.2) is 53.3 Å². The topological polar surface area (TPSA) is 117 Å². The lowest BCUT2D eigenvalue weighted by Gasteiger charge is -2.12. The van der Waals surface area contributed by atoms with E-state index in [4.69, 9.17) is 23.1 Å². The number of hydrogen-bond donors (Lipinski definition) is 2. The molecule has 4 N–H and O–H groups in total. The lowest BCUT2D eigenvalue weighted by Crippen LogP contribution is -2.29. The average molecular weight is 356 g/mol. The van der Waals surface area contributed by atoms with Crippen molar-refractivity contribution >= 4 is 23.3 Å². The number of nitrogen functional groups attached to an aromatic ring is 1. The molecule has 0 fully saturated rings. The van der Waals surface area contributed by atoms with Crippen LogP contribution in [0, 0.1) is 0 Å². The number of benzene rings is 1. The number of nitrogens with zero attached hydrogens (tertiary/aromatic N) is 3. The third kappa shape index (κ3) is 3.51. The normalized spacial score (nSPS) is 10.6. The first-order chi connectivity index (χ1) is 12.0. The number of aromatic nitrogens is 3. The van der Waals surface area contributed by atoms with Crippen LogP contribution >= 0.6 is 11.6 Å². The molecule has 126 valence electrons. The van der Waals surface area contributed by atoms with Gasteiger partial charge in [0.25, 0.3) is 5.56 Å². The van der Waals surface area contributed by atoms with Gasteiger partial charge >= 0.3 is 0 Å². The molecule has 1 amide bonds. The summed E-state index contributed by atoms with van der Waals surface area (Å²) in [6, 6.07) is 13.8. The first kappa shape index (κ1) is 16.7. The number of anilines is 1. The van der Waals surface area contributed by atoms with Gasteiger partial charge in [0, 0.05) is 17.2 Å². The molecule has 0 atom stereocenters. The summed E-state index contributed by atoms with van der Waals surface area (Å²) < 4.78 is 0.997. The fraction of sp³-hybridized carbons (Fsp3) is 0.0588. The molecule has 0 aliphatic rings. The minimum Gasteiger partial charge on any atom is -0.382 e. The van der Waals surface area contributed by atoms with Crippen LogP contribution in [0.4, 0.5) is 5.82 Å². The van der Waals surface area contributed by atoms with Crippen molar-refractivity contribution in [3.8, 4) is 22.5 Å². The summed E-state index contributed by atoms with van der Waals surface area (Å²) in [5, 5.41) is 4.47. The molecule has 25 heavy (non-hydrogen) atoms. The zero-order valence-electron chi connectivity index (χ0n) is 13.0. The Kier molecular flexibility index (Phi) is 4.49. The Balaban J connectivity index is 2.22. The monoisotopic (exact) mass is 355 g/mol. The van der Waals surface area contributed by atoms with Crippen LogP contribution < -0.4 is 17.0 Å². The van der Waals surface area contributed by atoms with E-state index in [1.165, 1.54) is 12.1 Å². The molecular weight excluding hydrogens is 342 g/mol. The van der Waals surface area contributed by atoms with Gasteiger partial charge in [0.2, 0.25) is 5.91 Å². The number of primary amides is 1. The molecule has 0 spiro atoms. The van der Waals surface area contributed by atoms with E-state index in [1.54, 1.807) is 6.07 Å². The van der Waals surface area contributed by atoms with Crippen molar-refractivity contribution in [2.75, 3.05) is 5.73 Å². The van der Waals surface area contributed by atoms with Crippen molar-refractivity contribution in [2.24, 2.45) is 5.73 Å². The molecule has 0 aliphatic carbocycles. The van der Waals surface area contributed by atoms with E-state index in [1.807, 2.05) is 30.3 Å². The van der Waals surface area contributed by atoms with E-state index in [9.17, 15) is 9.59 Å². The highest BCUT2D eigenvalue weighted by atomic mass is 35.5. The molecule has 0 aliphatic heterocycles. The summed E-state index contributed by atoms with van der Waals surface area (Å²) in [4.78, 5) is 27.3. The third-order valence-corrected chi connectivity index (χ3v) is 3.80. The fourth-order valence-corrected chi connectivity index (χ4v) is 2.52. The SMILES string of the molecule is NC(=O)Cn1nc(-c2cc(Cl)c(N)nc2-c2ccccc2)ccc1=O. The zero-order valence-corrected chi connectivity index (χ0v) is 13.8. The number of carbonyl (C=O) groups is 1. The maximum absolute atomic E-state index is 11.8. The number of rotatable bonds is 4. The van der Waals surface area contributed by atoms with Crippen LogP contribution in [0.3, 0.4) is 0 Å². The molecular formula is C17H14ClN5O2. The number of halogens is 1.